The van der Waals surface area contributed by atoms with Crippen molar-refractivity contribution in [2.24, 2.45) is 11.8 Å². The van der Waals surface area contributed by atoms with Crippen LogP contribution in [0.1, 0.15) is 59.8 Å². The molecule has 0 aromatic carbocycles. The molecule has 2 aliphatic carbocycles. The standard InChI is InChI=1S/C16H30N2O2/c1-11-6-5-7-13(11)18-14(12-8-9-12)10-17-15(19)20-16(2,3)4/h11-14,18H,5-10H2,1-4H3,(H,17,19). The van der Waals surface area contributed by atoms with Crippen LogP contribution in [0.4, 0.5) is 4.79 Å². The molecule has 0 radical (unpaired) electrons. The van der Waals surface area contributed by atoms with Crippen LogP contribution in [-0.4, -0.2) is 30.3 Å². The fourth-order valence-electron chi connectivity index (χ4n) is 3.04. The van der Waals surface area contributed by atoms with Gasteiger partial charge in [-0.3, -0.25) is 0 Å². The van der Waals surface area contributed by atoms with Crippen molar-refractivity contribution in [3.8, 4) is 0 Å². The highest BCUT2D eigenvalue weighted by Crippen LogP contribution is 2.34. The van der Waals surface area contributed by atoms with Gasteiger partial charge in [-0.25, -0.2) is 4.79 Å². The van der Waals surface area contributed by atoms with Crippen LogP contribution in [0.15, 0.2) is 0 Å². The zero-order valence-corrected chi connectivity index (χ0v) is 13.4. The van der Waals surface area contributed by atoms with E-state index in [-0.39, 0.29) is 6.09 Å². The van der Waals surface area contributed by atoms with Crippen molar-refractivity contribution in [2.75, 3.05) is 6.54 Å². The summed E-state index contributed by atoms with van der Waals surface area (Å²) in [7, 11) is 0. The lowest BCUT2D eigenvalue weighted by molar-refractivity contribution is 0.0519. The Balaban J connectivity index is 1.76. The fraction of sp³-hybridized carbons (Fsp3) is 0.938. The predicted molar refractivity (Wildman–Crippen MR) is 80.7 cm³/mol. The minimum Gasteiger partial charge on any atom is -0.444 e. The highest BCUT2D eigenvalue weighted by atomic mass is 16.6. The van der Waals surface area contributed by atoms with E-state index in [1.165, 1.54) is 32.1 Å². The quantitative estimate of drug-likeness (QED) is 0.815. The van der Waals surface area contributed by atoms with Gasteiger partial charge in [0.05, 0.1) is 0 Å². The Morgan fingerprint density at radius 1 is 1.25 bits per heavy atom. The van der Waals surface area contributed by atoms with Crippen LogP contribution in [0.3, 0.4) is 0 Å². The summed E-state index contributed by atoms with van der Waals surface area (Å²) in [6, 6.07) is 1.04. The van der Waals surface area contributed by atoms with Crippen molar-refractivity contribution >= 4 is 6.09 Å². The molecule has 0 spiro atoms. The van der Waals surface area contributed by atoms with E-state index in [4.69, 9.17) is 4.74 Å². The number of alkyl carbamates (subject to hydrolysis) is 1. The van der Waals surface area contributed by atoms with Crippen LogP contribution >= 0.6 is 0 Å². The molecule has 2 rings (SSSR count). The number of amides is 1. The first-order chi connectivity index (χ1) is 9.35. The minimum atomic E-state index is -0.424. The number of rotatable bonds is 5. The van der Waals surface area contributed by atoms with Gasteiger partial charge in [-0.15, -0.1) is 0 Å². The average Bonchev–Trinajstić information content (AvgIpc) is 3.07. The van der Waals surface area contributed by atoms with Crippen LogP contribution in [0.25, 0.3) is 0 Å². The lowest BCUT2D eigenvalue weighted by Gasteiger charge is -2.27. The number of nitrogens with one attached hydrogen (secondary N) is 2. The molecule has 0 aliphatic heterocycles. The second kappa shape index (κ2) is 6.33. The van der Waals surface area contributed by atoms with E-state index in [9.17, 15) is 4.79 Å². The maximum atomic E-state index is 11.7. The molecule has 3 atom stereocenters. The zero-order chi connectivity index (χ0) is 14.8. The summed E-state index contributed by atoms with van der Waals surface area (Å²) >= 11 is 0. The van der Waals surface area contributed by atoms with Gasteiger partial charge in [-0.2, -0.15) is 0 Å². The molecule has 0 bridgehead atoms. The van der Waals surface area contributed by atoms with Crippen molar-refractivity contribution in [2.45, 2.75) is 77.5 Å². The Bertz CT molecular complexity index is 334. The van der Waals surface area contributed by atoms with Gasteiger partial charge in [0, 0.05) is 18.6 Å². The summed E-state index contributed by atoms with van der Waals surface area (Å²) in [6.45, 7) is 8.69. The summed E-state index contributed by atoms with van der Waals surface area (Å²) in [6.07, 6.45) is 6.20. The van der Waals surface area contributed by atoms with Crippen molar-refractivity contribution in [3.63, 3.8) is 0 Å². The summed E-state index contributed by atoms with van der Waals surface area (Å²) in [4.78, 5) is 11.7. The third-order valence-electron chi connectivity index (χ3n) is 4.35. The van der Waals surface area contributed by atoms with Crippen LogP contribution in [-0.2, 0) is 4.74 Å². The second-order valence-electron chi connectivity index (χ2n) is 7.51. The molecule has 4 heteroatoms. The van der Waals surface area contributed by atoms with E-state index < -0.39 is 5.60 Å². The molecule has 0 heterocycles. The second-order valence-corrected chi connectivity index (χ2v) is 7.51. The molecule has 2 aliphatic rings. The van der Waals surface area contributed by atoms with Gasteiger partial charge in [0.25, 0.3) is 0 Å². The number of hydrogen-bond acceptors (Lipinski definition) is 3. The zero-order valence-electron chi connectivity index (χ0n) is 13.4. The Morgan fingerprint density at radius 2 is 1.95 bits per heavy atom. The Labute approximate surface area is 123 Å². The number of carbonyl (C=O) groups is 1. The van der Waals surface area contributed by atoms with Gasteiger partial charge in [-0.05, 0) is 58.3 Å². The maximum Gasteiger partial charge on any atom is 0.407 e. The van der Waals surface area contributed by atoms with Gasteiger partial charge in [0.1, 0.15) is 5.60 Å². The molecule has 4 nitrogen and oxygen atoms in total. The molecule has 3 unspecified atom stereocenters. The van der Waals surface area contributed by atoms with Crippen molar-refractivity contribution in [1.29, 1.82) is 0 Å². The molecule has 2 fully saturated rings. The smallest absolute Gasteiger partial charge is 0.407 e. The lowest BCUT2D eigenvalue weighted by atomic mass is 10.0. The molecule has 1 amide bonds. The van der Waals surface area contributed by atoms with Gasteiger partial charge in [0.2, 0.25) is 0 Å². The van der Waals surface area contributed by atoms with Gasteiger partial charge >= 0.3 is 6.09 Å². The Hall–Kier alpha value is -0.770. The number of hydrogen-bond donors (Lipinski definition) is 2. The highest BCUT2D eigenvalue weighted by molar-refractivity contribution is 5.67. The first kappa shape index (κ1) is 15.6. The molecule has 2 saturated carbocycles. The SMILES string of the molecule is CC1CCCC1NC(CNC(=O)OC(C)(C)C)C1CC1. The van der Waals surface area contributed by atoms with Gasteiger partial charge in [-0.1, -0.05) is 13.3 Å². The third kappa shape index (κ3) is 4.97. The first-order valence-electron chi connectivity index (χ1n) is 8.08. The van der Waals surface area contributed by atoms with Crippen LogP contribution in [0.2, 0.25) is 0 Å². The first-order valence-corrected chi connectivity index (χ1v) is 8.08. The van der Waals surface area contributed by atoms with Crippen molar-refractivity contribution in [1.82, 2.24) is 10.6 Å². The largest absolute Gasteiger partial charge is 0.444 e. The average molecular weight is 282 g/mol. The summed E-state index contributed by atoms with van der Waals surface area (Å²) in [5.41, 5.74) is -0.424. The third-order valence-corrected chi connectivity index (χ3v) is 4.35. The summed E-state index contributed by atoms with van der Waals surface area (Å²) in [5, 5.41) is 6.70. The number of carbonyl (C=O) groups excluding carboxylic acids is 1. The minimum absolute atomic E-state index is 0.301. The molecule has 2 N–H and O–H groups in total. The topological polar surface area (TPSA) is 50.4 Å². The molecular formula is C16H30N2O2. The fourth-order valence-corrected chi connectivity index (χ4v) is 3.04. The summed E-state index contributed by atoms with van der Waals surface area (Å²) in [5.74, 6) is 1.50. The van der Waals surface area contributed by atoms with Crippen LogP contribution < -0.4 is 10.6 Å². The molecule has 0 aromatic rings. The molecular weight excluding hydrogens is 252 g/mol. The van der Waals surface area contributed by atoms with Gasteiger partial charge < -0.3 is 15.4 Å². The van der Waals surface area contributed by atoms with Crippen molar-refractivity contribution < 1.29 is 9.53 Å². The van der Waals surface area contributed by atoms with Gasteiger partial charge in [0.15, 0.2) is 0 Å². The Kier molecular flexibility index (Phi) is 4.95. The van der Waals surface area contributed by atoms with E-state index in [0.29, 0.717) is 18.6 Å². The highest BCUT2D eigenvalue weighted by Gasteiger charge is 2.35. The predicted octanol–water partition coefficient (Wildman–Crippen LogP) is 3.07. The molecule has 116 valence electrons. The molecule has 0 aromatic heterocycles. The normalized spacial score (nSPS) is 28.2. The lowest BCUT2D eigenvalue weighted by Crippen LogP contribution is -2.48. The van der Waals surface area contributed by atoms with Crippen molar-refractivity contribution in [3.05, 3.63) is 0 Å². The monoisotopic (exact) mass is 282 g/mol. The maximum absolute atomic E-state index is 11.7. The van der Waals surface area contributed by atoms with Crippen LogP contribution in [0.5, 0.6) is 0 Å². The van der Waals surface area contributed by atoms with E-state index in [0.717, 1.165) is 11.8 Å². The Morgan fingerprint density at radius 3 is 2.45 bits per heavy atom. The van der Waals surface area contributed by atoms with E-state index in [2.05, 4.69) is 17.6 Å². The van der Waals surface area contributed by atoms with Crippen LogP contribution in [0, 0.1) is 11.8 Å². The number of ether oxygens (including phenoxy) is 1. The van der Waals surface area contributed by atoms with E-state index in [1.807, 2.05) is 20.8 Å². The van der Waals surface area contributed by atoms with E-state index >= 15 is 0 Å². The molecule has 20 heavy (non-hydrogen) atoms. The van der Waals surface area contributed by atoms with E-state index in [1.54, 1.807) is 0 Å². The summed E-state index contributed by atoms with van der Waals surface area (Å²) < 4.78 is 5.30. The molecule has 0 saturated heterocycles.